The lowest BCUT2D eigenvalue weighted by Gasteiger charge is -2.51. The van der Waals surface area contributed by atoms with Gasteiger partial charge in [-0.15, -0.1) is 11.3 Å². The van der Waals surface area contributed by atoms with Crippen LogP contribution in [0.25, 0.3) is 0 Å². The van der Waals surface area contributed by atoms with E-state index in [-0.39, 0.29) is 63.8 Å². The summed E-state index contributed by atoms with van der Waals surface area (Å²) in [5.41, 5.74) is -3.23. The second kappa shape index (κ2) is 14.0. The molecule has 5 rings (SSSR count). The highest BCUT2D eigenvalue weighted by atomic mass is 32.1. The van der Waals surface area contributed by atoms with E-state index in [1.54, 1.807) is 6.92 Å². The SMILES string of the molecule is CCC[C@H]1N(C(=O)c2ncccc2C(F)(F)F)CCC[C@@]1(Oc1csc(C(F)(F)F)c1)C(=O)N1Cc2cc(F)ccc2C[C@@H]1CCC(=O)O. The molecule has 3 atom stereocenters. The zero-order chi connectivity index (χ0) is 35.7. The van der Waals surface area contributed by atoms with Crippen LogP contribution in [0, 0.1) is 5.82 Å². The lowest BCUT2D eigenvalue weighted by Crippen LogP contribution is -2.69. The summed E-state index contributed by atoms with van der Waals surface area (Å²) in [6, 6.07) is 4.39. The van der Waals surface area contributed by atoms with Gasteiger partial charge in [-0.25, -0.2) is 4.39 Å². The van der Waals surface area contributed by atoms with E-state index < -0.39 is 69.8 Å². The minimum Gasteiger partial charge on any atom is -0.481 e. The van der Waals surface area contributed by atoms with Gasteiger partial charge < -0.3 is 19.6 Å². The molecule has 1 saturated heterocycles. The van der Waals surface area contributed by atoms with Gasteiger partial charge in [0, 0.05) is 49.6 Å². The topological polar surface area (TPSA) is 100 Å². The predicted octanol–water partition coefficient (Wildman–Crippen LogP) is 7.36. The van der Waals surface area contributed by atoms with Crippen LogP contribution >= 0.6 is 11.3 Å². The summed E-state index contributed by atoms with van der Waals surface area (Å²) >= 11 is 0.321. The summed E-state index contributed by atoms with van der Waals surface area (Å²) < 4.78 is 104. The molecule has 264 valence electrons. The number of carbonyl (C=O) groups is 3. The molecular formula is C33H32F7N3O5S. The number of ether oxygens (including phenoxy) is 1. The molecular weight excluding hydrogens is 683 g/mol. The van der Waals surface area contributed by atoms with E-state index in [0.29, 0.717) is 34.6 Å². The van der Waals surface area contributed by atoms with Gasteiger partial charge in [0.1, 0.15) is 22.1 Å². The minimum atomic E-state index is -4.95. The first kappa shape index (κ1) is 36.1. The minimum absolute atomic E-state index is 0.000771. The molecule has 0 spiro atoms. The van der Waals surface area contributed by atoms with E-state index in [0.717, 1.165) is 22.5 Å². The maximum absolute atomic E-state index is 15.1. The zero-order valence-corrected chi connectivity index (χ0v) is 26.9. The van der Waals surface area contributed by atoms with Crippen LogP contribution in [0.1, 0.15) is 77.5 Å². The molecule has 0 saturated carbocycles. The fourth-order valence-electron chi connectivity index (χ4n) is 6.72. The lowest BCUT2D eigenvalue weighted by atomic mass is 9.78. The highest BCUT2D eigenvalue weighted by Crippen LogP contribution is 2.43. The van der Waals surface area contributed by atoms with Gasteiger partial charge in [0.15, 0.2) is 0 Å². The number of carboxylic acids is 1. The van der Waals surface area contributed by atoms with Gasteiger partial charge in [-0.3, -0.25) is 19.4 Å². The number of piperidine rings is 1. The molecule has 2 aliphatic rings. The molecule has 4 heterocycles. The Balaban J connectivity index is 1.65. The van der Waals surface area contributed by atoms with Gasteiger partial charge in [-0.2, -0.15) is 26.3 Å². The van der Waals surface area contributed by atoms with Crippen molar-refractivity contribution in [3.05, 3.63) is 81.1 Å². The molecule has 1 fully saturated rings. The van der Waals surface area contributed by atoms with Crippen LogP contribution in [0.2, 0.25) is 0 Å². The monoisotopic (exact) mass is 715 g/mol. The number of aromatic nitrogens is 1. The average molecular weight is 716 g/mol. The van der Waals surface area contributed by atoms with Gasteiger partial charge in [-0.05, 0) is 61.1 Å². The van der Waals surface area contributed by atoms with Crippen LogP contribution in [0.3, 0.4) is 0 Å². The summed E-state index contributed by atoms with van der Waals surface area (Å²) in [4.78, 5) is 45.7. The molecule has 0 aliphatic carbocycles. The van der Waals surface area contributed by atoms with Crippen molar-refractivity contribution in [2.45, 2.75) is 88.5 Å². The standard InChI is InChI=1S/C33H32F7N3O5S/c1-2-5-25-31(48-23-16-26(49-18-23)33(38,39)40,11-4-13-42(25)29(46)28-24(32(35,36)37)6-3-12-41-28)30(47)43-17-20-14-21(34)8-7-19(20)15-22(43)9-10-27(44)45/h3,6-8,12,14,16,18,22,25H,2,4-5,9-11,13,15,17H2,1H3,(H,44,45)/t22-,25+,31-/m0/s1. The maximum Gasteiger partial charge on any atom is 0.425 e. The average Bonchev–Trinajstić information content (AvgIpc) is 3.52. The fourth-order valence-corrected chi connectivity index (χ4v) is 7.40. The van der Waals surface area contributed by atoms with E-state index in [9.17, 15) is 45.4 Å². The number of amides is 2. The van der Waals surface area contributed by atoms with E-state index in [1.807, 2.05) is 0 Å². The van der Waals surface area contributed by atoms with Gasteiger partial charge in [-0.1, -0.05) is 19.4 Å². The molecule has 1 aromatic carbocycles. The molecule has 16 heteroatoms. The number of thiophene rings is 1. The van der Waals surface area contributed by atoms with Crippen molar-refractivity contribution in [2.24, 2.45) is 0 Å². The van der Waals surface area contributed by atoms with E-state index in [1.165, 1.54) is 23.1 Å². The first-order valence-corrected chi connectivity index (χ1v) is 16.4. The van der Waals surface area contributed by atoms with Crippen molar-refractivity contribution in [3.63, 3.8) is 0 Å². The normalized spacial score (nSPS) is 21.3. The van der Waals surface area contributed by atoms with Crippen LogP contribution in [0.5, 0.6) is 5.75 Å². The number of carboxylic acid groups (broad SMARTS) is 1. The molecule has 3 aromatic rings. The number of benzene rings is 1. The Labute approximate surface area is 280 Å². The highest BCUT2D eigenvalue weighted by Gasteiger charge is 2.57. The number of hydrogen-bond donors (Lipinski definition) is 1. The summed E-state index contributed by atoms with van der Waals surface area (Å²) in [5, 5.41) is 10.5. The molecule has 0 radical (unpaired) electrons. The van der Waals surface area contributed by atoms with E-state index in [2.05, 4.69) is 4.98 Å². The van der Waals surface area contributed by atoms with Crippen LogP contribution in [0.4, 0.5) is 30.7 Å². The summed E-state index contributed by atoms with van der Waals surface area (Å²) in [6.07, 6.45) is -8.74. The molecule has 2 aliphatic heterocycles. The van der Waals surface area contributed by atoms with Gasteiger partial charge >= 0.3 is 18.3 Å². The van der Waals surface area contributed by atoms with E-state index in [4.69, 9.17) is 4.74 Å². The van der Waals surface area contributed by atoms with Crippen molar-refractivity contribution in [1.29, 1.82) is 0 Å². The van der Waals surface area contributed by atoms with Crippen LogP contribution in [0.15, 0.2) is 48.0 Å². The molecule has 2 aromatic heterocycles. The van der Waals surface area contributed by atoms with Crippen molar-refractivity contribution in [1.82, 2.24) is 14.8 Å². The summed E-state index contributed by atoms with van der Waals surface area (Å²) in [6.45, 7) is 1.39. The van der Waals surface area contributed by atoms with Gasteiger partial charge in [0.05, 0.1) is 11.6 Å². The Hall–Kier alpha value is -4.21. The molecule has 8 nitrogen and oxygen atoms in total. The first-order chi connectivity index (χ1) is 23.0. The highest BCUT2D eigenvalue weighted by molar-refractivity contribution is 7.10. The molecule has 2 amide bonds. The second-order valence-electron chi connectivity index (χ2n) is 12.1. The quantitative estimate of drug-likeness (QED) is 0.233. The van der Waals surface area contributed by atoms with Crippen LogP contribution in [-0.2, 0) is 34.9 Å². The van der Waals surface area contributed by atoms with Crippen LogP contribution < -0.4 is 4.74 Å². The third kappa shape index (κ3) is 7.53. The maximum atomic E-state index is 15.1. The number of likely N-dealkylation sites (tertiary alicyclic amines) is 1. The predicted molar refractivity (Wildman–Crippen MR) is 162 cm³/mol. The molecule has 49 heavy (non-hydrogen) atoms. The van der Waals surface area contributed by atoms with Crippen molar-refractivity contribution >= 4 is 29.1 Å². The number of pyridine rings is 1. The Morgan fingerprint density at radius 2 is 1.80 bits per heavy atom. The van der Waals surface area contributed by atoms with Gasteiger partial charge in [0.2, 0.25) is 5.60 Å². The second-order valence-corrected chi connectivity index (χ2v) is 13.0. The smallest absolute Gasteiger partial charge is 0.425 e. The Kier molecular flexibility index (Phi) is 10.3. The number of rotatable bonds is 9. The fraction of sp³-hybridized carbons (Fsp3) is 0.455. The third-order valence-corrected chi connectivity index (χ3v) is 9.83. The molecule has 1 N–H and O–H groups in total. The van der Waals surface area contributed by atoms with Crippen molar-refractivity contribution in [3.8, 4) is 5.75 Å². The lowest BCUT2D eigenvalue weighted by molar-refractivity contribution is -0.163. The van der Waals surface area contributed by atoms with Crippen molar-refractivity contribution < 1.29 is 55.0 Å². The Morgan fingerprint density at radius 3 is 2.45 bits per heavy atom. The number of hydrogen-bond acceptors (Lipinski definition) is 6. The van der Waals surface area contributed by atoms with Crippen LogP contribution in [-0.4, -0.2) is 61.9 Å². The number of aliphatic carboxylic acids is 1. The first-order valence-electron chi connectivity index (χ1n) is 15.5. The van der Waals surface area contributed by atoms with Crippen molar-refractivity contribution in [2.75, 3.05) is 6.54 Å². The Bertz CT molecular complexity index is 1710. The van der Waals surface area contributed by atoms with Gasteiger partial charge in [0.25, 0.3) is 11.8 Å². The largest absolute Gasteiger partial charge is 0.481 e. The molecule has 0 bridgehead atoms. The third-order valence-electron chi connectivity index (χ3n) is 8.87. The summed E-state index contributed by atoms with van der Waals surface area (Å²) in [7, 11) is 0. The number of nitrogens with zero attached hydrogens (tertiary/aromatic N) is 3. The number of fused-ring (bicyclic) bond motifs is 1. The Morgan fingerprint density at radius 1 is 1.04 bits per heavy atom. The van der Waals surface area contributed by atoms with E-state index >= 15 is 4.79 Å². The summed E-state index contributed by atoms with van der Waals surface area (Å²) in [5.74, 6) is -4.00. The zero-order valence-electron chi connectivity index (χ0n) is 26.1. The number of halogens is 7. The number of carbonyl (C=O) groups excluding carboxylic acids is 2. The molecule has 0 unspecified atom stereocenters. The number of alkyl halides is 6.